The van der Waals surface area contributed by atoms with Crippen LogP contribution in [0.5, 0.6) is 0 Å². The SMILES string of the molecule is NC1=CCC(c2ccco2)(N(CCO)CCO)C(Cl)=C1. The molecule has 0 amide bonds. The summed E-state index contributed by atoms with van der Waals surface area (Å²) in [5, 5.41) is 19.1. The topological polar surface area (TPSA) is 82.9 Å². The lowest BCUT2D eigenvalue weighted by atomic mass is 9.85. The molecule has 1 aliphatic rings. The number of halogens is 1. The first kappa shape index (κ1) is 15.1. The van der Waals surface area contributed by atoms with Gasteiger partial charge in [-0.1, -0.05) is 17.7 Å². The number of hydrogen-bond acceptors (Lipinski definition) is 5. The molecular weight excluding hydrogens is 280 g/mol. The summed E-state index contributed by atoms with van der Waals surface area (Å²) in [6, 6.07) is 3.63. The predicted octanol–water partition coefficient (Wildman–Crippen LogP) is 1.13. The highest BCUT2D eigenvalue weighted by Gasteiger charge is 2.44. The Balaban J connectivity index is 2.47. The Morgan fingerprint density at radius 1 is 1.35 bits per heavy atom. The number of nitrogens with zero attached hydrogens (tertiary/aromatic N) is 1. The summed E-state index contributed by atoms with van der Waals surface area (Å²) >= 11 is 6.47. The van der Waals surface area contributed by atoms with E-state index in [0.29, 0.717) is 36.0 Å². The lowest BCUT2D eigenvalue weighted by molar-refractivity contribution is 0.0616. The molecule has 5 nitrogen and oxygen atoms in total. The molecule has 0 bridgehead atoms. The van der Waals surface area contributed by atoms with Gasteiger partial charge in [-0.25, -0.2) is 0 Å². The minimum Gasteiger partial charge on any atom is -0.467 e. The summed E-state index contributed by atoms with van der Waals surface area (Å²) in [5.41, 5.74) is 5.68. The molecule has 6 heteroatoms. The molecule has 1 heterocycles. The predicted molar refractivity (Wildman–Crippen MR) is 77.0 cm³/mol. The molecule has 0 fully saturated rings. The number of furan rings is 1. The van der Waals surface area contributed by atoms with Crippen molar-refractivity contribution in [2.24, 2.45) is 5.73 Å². The van der Waals surface area contributed by atoms with Crippen molar-refractivity contribution in [1.82, 2.24) is 4.90 Å². The van der Waals surface area contributed by atoms with Crippen LogP contribution in [-0.2, 0) is 5.54 Å². The standard InChI is InChI=1S/C14H19ClN2O3/c15-12-10-11(16)3-4-14(12,13-2-1-9-20-13)17(5-7-18)6-8-19/h1-3,9-10,18-19H,4-8,16H2. The van der Waals surface area contributed by atoms with E-state index in [1.54, 1.807) is 18.4 Å². The number of allylic oxidation sites excluding steroid dienone is 1. The Morgan fingerprint density at radius 2 is 2.05 bits per heavy atom. The van der Waals surface area contributed by atoms with Crippen LogP contribution < -0.4 is 5.73 Å². The average molecular weight is 299 g/mol. The number of aliphatic hydroxyl groups is 2. The highest BCUT2D eigenvalue weighted by Crippen LogP contribution is 2.44. The fourth-order valence-corrected chi connectivity index (χ4v) is 3.01. The number of aliphatic hydroxyl groups excluding tert-OH is 2. The van der Waals surface area contributed by atoms with Gasteiger partial charge < -0.3 is 20.4 Å². The third kappa shape index (κ3) is 2.62. The third-order valence-corrected chi connectivity index (χ3v) is 3.95. The van der Waals surface area contributed by atoms with Crippen LogP contribution in [0.25, 0.3) is 0 Å². The van der Waals surface area contributed by atoms with Crippen molar-refractivity contribution in [1.29, 1.82) is 0 Å². The first-order valence-electron chi connectivity index (χ1n) is 6.49. The molecule has 0 aromatic carbocycles. The molecule has 20 heavy (non-hydrogen) atoms. The molecule has 1 unspecified atom stereocenters. The van der Waals surface area contributed by atoms with Crippen molar-refractivity contribution in [3.63, 3.8) is 0 Å². The van der Waals surface area contributed by atoms with E-state index in [1.807, 2.05) is 17.0 Å². The summed E-state index contributed by atoms with van der Waals surface area (Å²) in [6.45, 7) is 0.676. The van der Waals surface area contributed by atoms with E-state index < -0.39 is 5.54 Å². The summed E-state index contributed by atoms with van der Waals surface area (Å²) in [6.07, 6.45) is 5.67. The van der Waals surface area contributed by atoms with E-state index in [0.717, 1.165) is 0 Å². The first-order valence-corrected chi connectivity index (χ1v) is 6.87. The van der Waals surface area contributed by atoms with E-state index in [9.17, 15) is 10.2 Å². The molecule has 1 aromatic heterocycles. The van der Waals surface area contributed by atoms with Crippen LogP contribution in [0.3, 0.4) is 0 Å². The van der Waals surface area contributed by atoms with Crippen LogP contribution >= 0.6 is 11.6 Å². The van der Waals surface area contributed by atoms with E-state index in [-0.39, 0.29) is 13.2 Å². The van der Waals surface area contributed by atoms with E-state index in [1.165, 1.54) is 0 Å². The van der Waals surface area contributed by atoms with Crippen molar-refractivity contribution in [3.05, 3.63) is 47.0 Å². The fraction of sp³-hybridized carbons (Fsp3) is 0.429. The van der Waals surface area contributed by atoms with Crippen molar-refractivity contribution in [2.75, 3.05) is 26.3 Å². The Hall–Kier alpha value is -1.27. The zero-order valence-corrected chi connectivity index (χ0v) is 11.9. The van der Waals surface area contributed by atoms with Gasteiger partial charge in [0.15, 0.2) is 0 Å². The van der Waals surface area contributed by atoms with Gasteiger partial charge in [0.1, 0.15) is 11.3 Å². The smallest absolute Gasteiger partial charge is 0.129 e. The minimum absolute atomic E-state index is 0.0359. The number of hydrogen-bond donors (Lipinski definition) is 3. The molecule has 0 radical (unpaired) electrons. The molecule has 1 aromatic rings. The second-order valence-corrected chi connectivity index (χ2v) is 5.08. The van der Waals surface area contributed by atoms with Crippen LogP contribution in [0, 0.1) is 0 Å². The third-order valence-electron chi connectivity index (χ3n) is 3.53. The molecule has 0 saturated carbocycles. The summed E-state index contributed by atoms with van der Waals surface area (Å²) in [4.78, 5) is 1.91. The highest BCUT2D eigenvalue weighted by atomic mass is 35.5. The van der Waals surface area contributed by atoms with Gasteiger partial charge in [0.25, 0.3) is 0 Å². The molecule has 0 spiro atoms. The van der Waals surface area contributed by atoms with Gasteiger partial charge >= 0.3 is 0 Å². The maximum Gasteiger partial charge on any atom is 0.129 e. The van der Waals surface area contributed by atoms with Crippen LogP contribution in [0.1, 0.15) is 12.2 Å². The molecule has 1 atom stereocenters. The van der Waals surface area contributed by atoms with Crippen LogP contribution in [0.15, 0.2) is 45.7 Å². The van der Waals surface area contributed by atoms with Gasteiger partial charge in [-0.2, -0.15) is 0 Å². The quantitative estimate of drug-likeness (QED) is 0.733. The Labute approximate surface area is 122 Å². The molecule has 2 rings (SSSR count). The van der Waals surface area contributed by atoms with Gasteiger partial charge in [0, 0.05) is 23.8 Å². The Morgan fingerprint density at radius 3 is 2.55 bits per heavy atom. The molecular formula is C14H19ClN2O3. The maximum atomic E-state index is 9.29. The van der Waals surface area contributed by atoms with E-state index in [4.69, 9.17) is 21.8 Å². The second-order valence-electron chi connectivity index (χ2n) is 4.67. The van der Waals surface area contributed by atoms with Gasteiger partial charge in [0.2, 0.25) is 0 Å². The lowest BCUT2D eigenvalue weighted by Crippen LogP contribution is -2.49. The summed E-state index contributed by atoms with van der Waals surface area (Å²) in [7, 11) is 0. The zero-order valence-electron chi connectivity index (χ0n) is 11.1. The fourth-order valence-electron chi connectivity index (χ4n) is 2.59. The second kappa shape index (κ2) is 6.45. The van der Waals surface area contributed by atoms with E-state index >= 15 is 0 Å². The van der Waals surface area contributed by atoms with Crippen LogP contribution in [0.2, 0.25) is 0 Å². The van der Waals surface area contributed by atoms with Crippen LogP contribution in [-0.4, -0.2) is 41.4 Å². The lowest BCUT2D eigenvalue weighted by Gasteiger charge is -2.43. The van der Waals surface area contributed by atoms with Gasteiger partial charge in [0.05, 0.1) is 19.5 Å². The Bertz CT molecular complexity index is 493. The highest BCUT2D eigenvalue weighted by molar-refractivity contribution is 6.31. The Kier molecular flexibility index (Phi) is 4.88. The average Bonchev–Trinajstić information content (AvgIpc) is 2.94. The van der Waals surface area contributed by atoms with E-state index in [2.05, 4.69) is 0 Å². The first-order chi connectivity index (χ1) is 9.65. The maximum absolute atomic E-state index is 9.29. The van der Waals surface area contributed by atoms with Crippen LogP contribution in [0.4, 0.5) is 0 Å². The molecule has 4 N–H and O–H groups in total. The van der Waals surface area contributed by atoms with Gasteiger partial charge in [-0.15, -0.1) is 0 Å². The monoisotopic (exact) mass is 298 g/mol. The van der Waals surface area contributed by atoms with Crippen molar-refractivity contribution < 1.29 is 14.6 Å². The minimum atomic E-state index is -0.723. The van der Waals surface area contributed by atoms with Crippen molar-refractivity contribution in [2.45, 2.75) is 12.0 Å². The van der Waals surface area contributed by atoms with Gasteiger partial charge in [-0.05, 0) is 24.6 Å². The zero-order chi connectivity index (χ0) is 14.6. The largest absolute Gasteiger partial charge is 0.467 e. The molecule has 1 aliphatic carbocycles. The molecule has 0 aliphatic heterocycles. The molecule has 110 valence electrons. The number of rotatable bonds is 6. The molecule has 0 saturated heterocycles. The number of nitrogens with two attached hydrogens (primary N) is 1. The van der Waals surface area contributed by atoms with Crippen molar-refractivity contribution in [3.8, 4) is 0 Å². The van der Waals surface area contributed by atoms with Gasteiger partial charge in [-0.3, -0.25) is 4.90 Å². The summed E-state index contributed by atoms with van der Waals surface area (Å²) < 4.78 is 5.56. The normalized spacial score (nSPS) is 22.8. The summed E-state index contributed by atoms with van der Waals surface area (Å²) in [5.74, 6) is 0.671. The van der Waals surface area contributed by atoms with Crippen molar-refractivity contribution >= 4 is 11.6 Å².